The van der Waals surface area contributed by atoms with Crippen molar-refractivity contribution in [2.24, 2.45) is 5.73 Å². The Bertz CT molecular complexity index is 539. The average molecular weight is 374 g/mol. The second-order valence-corrected chi connectivity index (χ2v) is 5.79. The van der Waals surface area contributed by atoms with Crippen LogP contribution in [0.2, 0.25) is 0 Å². The highest BCUT2D eigenvalue weighted by Crippen LogP contribution is 2.27. The van der Waals surface area contributed by atoms with Crippen molar-refractivity contribution < 1.29 is 0 Å². The van der Waals surface area contributed by atoms with E-state index in [1.54, 1.807) is 18.6 Å². The summed E-state index contributed by atoms with van der Waals surface area (Å²) in [6.07, 6.45) is 6.33. The van der Waals surface area contributed by atoms with Gasteiger partial charge in [-0.3, -0.25) is 9.67 Å². The average Bonchev–Trinajstić information content (AvgIpc) is 2.70. The van der Waals surface area contributed by atoms with Gasteiger partial charge in [-0.15, -0.1) is 0 Å². The topological polar surface area (TPSA) is 56.7 Å². The van der Waals surface area contributed by atoms with Gasteiger partial charge in [0.2, 0.25) is 0 Å². The van der Waals surface area contributed by atoms with Gasteiger partial charge in [0.25, 0.3) is 0 Å². The Kier molecular flexibility index (Phi) is 4.53. The van der Waals surface area contributed by atoms with Gasteiger partial charge in [0, 0.05) is 23.4 Å². The molecule has 0 spiro atoms. The van der Waals surface area contributed by atoms with Crippen LogP contribution >= 0.6 is 31.9 Å². The normalized spacial score (nSPS) is 12.7. The molecule has 0 aromatic carbocycles. The largest absolute Gasteiger partial charge is 0.319 e. The molecule has 2 N–H and O–H groups in total. The molecule has 18 heavy (non-hydrogen) atoms. The number of pyridine rings is 1. The van der Waals surface area contributed by atoms with E-state index in [0.29, 0.717) is 0 Å². The highest BCUT2D eigenvalue weighted by Gasteiger charge is 2.18. The first-order valence-electron chi connectivity index (χ1n) is 5.70. The van der Waals surface area contributed by atoms with Crippen LogP contribution in [0.15, 0.2) is 33.6 Å². The van der Waals surface area contributed by atoms with E-state index in [1.807, 2.05) is 10.7 Å². The molecule has 1 atom stereocenters. The molecule has 0 aliphatic carbocycles. The predicted molar refractivity (Wildman–Crippen MR) is 78.2 cm³/mol. The lowest BCUT2D eigenvalue weighted by molar-refractivity contribution is 0.558. The Labute approximate surface area is 123 Å². The second-order valence-electron chi connectivity index (χ2n) is 4.02. The van der Waals surface area contributed by atoms with Crippen molar-refractivity contribution in [1.29, 1.82) is 0 Å². The quantitative estimate of drug-likeness (QED) is 0.894. The zero-order chi connectivity index (χ0) is 13.1. The molecule has 0 saturated heterocycles. The summed E-state index contributed by atoms with van der Waals surface area (Å²) >= 11 is 6.92. The van der Waals surface area contributed by atoms with Gasteiger partial charge in [-0.25, -0.2) is 0 Å². The molecular weight excluding hydrogens is 360 g/mol. The van der Waals surface area contributed by atoms with Crippen LogP contribution in [-0.2, 0) is 6.54 Å². The summed E-state index contributed by atoms with van der Waals surface area (Å²) in [6, 6.07) is 1.74. The lowest BCUT2D eigenvalue weighted by Crippen LogP contribution is -2.18. The summed E-state index contributed by atoms with van der Waals surface area (Å²) in [5, 5.41) is 4.33. The summed E-state index contributed by atoms with van der Waals surface area (Å²) < 4.78 is 3.80. The number of halogens is 2. The Hall–Kier alpha value is -0.720. The molecule has 0 radical (unpaired) electrons. The maximum Gasteiger partial charge on any atom is 0.0750 e. The van der Waals surface area contributed by atoms with Crippen LogP contribution in [0.3, 0.4) is 0 Å². The van der Waals surface area contributed by atoms with E-state index >= 15 is 0 Å². The fourth-order valence-corrected chi connectivity index (χ4v) is 2.75. The molecule has 0 saturated carbocycles. The molecule has 1 unspecified atom stereocenters. The molecule has 4 nitrogen and oxygen atoms in total. The summed E-state index contributed by atoms with van der Waals surface area (Å²) in [6.45, 7) is 2.97. The monoisotopic (exact) mass is 372 g/mol. The maximum absolute atomic E-state index is 6.31. The molecule has 0 aliphatic heterocycles. The molecule has 2 rings (SSSR count). The second kappa shape index (κ2) is 5.95. The summed E-state index contributed by atoms with van der Waals surface area (Å²) in [5.41, 5.74) is 8.25. The van der Waals surface area contributed by atoms with Gasteiger partial charge in [-0.1, -0.05) is 6.92 Å². The van der Waals surface area contributed by atoms with E-state index in [-0.39, 0.29) is 6.04 Å². The summed E-state index contributed by atoms with van der Waals surface area (Å²) in [7, 11) is 0. The zero-order valence-corrected chi connectivity index (χ0v) is 13.1. The first-order valence-corrected chi connectivity index (χ1v) is 7.29. The third-order valence-electron chi connectivity index (χ3n) is 2.65. The molecule has 96 valence electrons. The third-order valence-corrected chi connectivity index (χ3v) is 3.69. The minimum Gasteiger partial charge on any atom is -0.319 e. The van der Waals surface area contributed by atoms with E-state index in [2.05, 4.69) is 48.9 Å². The van der Waals surface area contributed by atoms with Crippen LogP contribution in [0, 0.1) is 0 Å². The van der Waals surface area contributed by atoms with Crippen LogP contribution < -0.4 is 5.73 Å². The Morgan fingerprint density at radius 2 is 2.11 bits per heavy atom. The van der Waals surface area contributed by atoms with Gasteiger partial charge in [0.05, 0.1) is 22.4 Å². The molecular formula is C12H14Br2N4. The van der Waals surface area contributed by atoms with Gasteiger partial charge in [-0.05, 0) is 49.9 Å². The lowest BCUT2D eigenvalue weighted by Gasteiger charge is -2.15. The van der Waals surface area contributed by atoms with Crippen LogP contribution in [0.25, 0.3) is 0 Å². The summed E-state index contributed by atoms with van der Waals surface area (Å²) in [5.74, 6) is 0. The van der Waals surface area contributed by atoms with Gasteiger partial charge >= 0.3 is 0 Å². The number of aromatic nitrogens is 3. The Morgan fingerprint density at radius 3 is 2.78 bits per heavy atom. The van der Waals surface area contributed by atoms with Gasteiger partial charge in [-0.2, -0.15) is 5.10 Å². The van der Waals surface area contributed by atoms with E-state index in [4.69, 9.17) is 5.73 Å². The van der Waals surface area contributed by atoms with E-state index in [0.717, 1.165) is 33.2 Å². The zero-order valence-electron chi connectivity index (χ0n) is 9.98. The van der Waals surface area contributed by atoms with Gasteiger partial charge in [0.1, 0.15) is 0 Å². The molecule has 0 aliphatic rings. The van der Waals surface area contributed by atoms with Crippen molar-refractivity contribution in [3.63, 3.8) is 0 Å². The standard InChI is InChI=1S/C12H14Br2N4/c1-2-3-18-12(10(14)7-17-18)11(15)8-4-9(13)6-16-5-8/h4-7,11H,2-3,15H2,1H3. The number of nitrogens with two attached hydrogens (primary N) is 1. The Morgan fingerprint density at radius 1 is 1.33 bits per heavy atom. The first-order chi connectivity index (χ1) is 8.63. The molecule has 0 amide bonds. The van der Waals surface area contributed by atoms with Crippen LogP contribution in [-0.4, -0.2) is 14.8 Å². The SMILES string of the molecule is CCCn1ncc(Br)c1C(N)c1cncc(Br)c1. The highest BCUT2D eigenvalue weighted by molar-refractivity contribution is 9.10. The van der Waals surface area contributed by atoms with E-state index in [9.17, 15) is 0 Å². The highest BCUT2D eigenvalue weighted by atomic mass is 79.9. The van der Waals surface area contributed by atoms with Crippen molar-refractivity contribution >= 4 is 31.9 Å². The van der Waals surface area contributed by atoms with Crippen molar-refractivity contribution in [2.75, 3.05) is 0 Å². The molecule has 2 heterocycles. The fraction of sp³-hybridized carbons (Fsp3) is 0.333. The Balaban J connectivity index is 2.39. The maximum atomic E-state index is 6.31. The number of hydrogen-bond acceptors (Lipinski definition) is 3. The minimum atomic E-state index is -0.238. The fourth-order valence-electron chi connectivity index (χ4n) is 1.83. The third kappa shape index (κ3) is 2.81. The number of aryl methyl sites for hydroxylation is 1. The minimum absolute atomic E-state index is 0.238. The number of nitrogens with zero attached hydrogens (tertiary/aromatic N) is 3. The lowest BCUT2D eigenvalue weighted by atomic mass is 10.1. The molecule has 0 bridgehead atoms. The predicted octanol–water partition coefficient (Wildman–Crippen LogP) is 3.26. The molecule has 6 heteroatoms. The molecule has 2 aromatic rings. The summed E-state index contributed by atoms with van der Waals surface area (Å²) in [4.78, 5) is 4.15. The van der Waals surface area contributed by atoms with Crippen molar-refractivity contribution in [2.45, 2.75) is 25.9 Å². The van der Waals surface area contributed by atoms with Gasteiger partial charge in [0.15, 0.2) is 0 Å². The molecule has 2 aromatic heterocycles. The van der Waals surface area contributed by atoms with Crippen LogP contribution in [0.4, 0.5) is 0 Å². The van der Waals surface area contributed by atoms with Crippen LogP contribution in [0.1, 0.15) is 30.6 Å². The smallest absolute Gasteiger partial charge is 0.0750 e. The van der Waals surface area contributed by atoms with Gasteiger partial charge < -0.3 is 5.73 Å². The van der Waals surface area contributed by atoms with E-state index in [1.165, 1.54) is 0 Å². The van der Waals surface area contributed by atoms with Crippen molar-refractivity contribution in [3.05, 3.63) is 44.9 Å². The first kappa shape index (κ1) is 13.7. The van der Waals surface area contributed by atoms with Crippen molar-refractivity contribution in [3.8, 4) is 0 Å². The van der Waals surface area contributed by atoms with Crippen LogP contribution in [0.5, 0.6) is 0 Å². The number of rotatable bonds is 4. The van der Waals surface area contributed by atoms with Crippen molar-refractivity contribution in [1.82, 2.24) is 14.8 Å². The molecule has 0 fully saturated rings. The van der Waals surface area contributed by atoms with E-state index < -0.39 is 0 Å². The number of hydrogen-bond donors (Lipinski definition) is 1.